The van der Waals surface area contributed by atoms with Crippen LogP contribution in [-0.4, -0.2) is 6.04 Å². The van der Waals surface area contributed by atoms with Crippen LogP contribution in [0.15, 0.2) is 30.3 Å². The van der Waals surface area contributed by atoms with Gasteiger partial charge in [-0.1, -0.05) is 43.7 Å². The minimum atomic E-state index is 0.347. The fraction of sp³-hybridized carbons (Fsp3) is 0.538. The third-order valence-corrected chi connectivity index (χ3v) is 4.04. The van der Waals surface area contributed by atoms with Gasteiger partial charge >= 0.3 is 0 Å². The van der Waals surface area contributed by atoms with Crippen molar-refractivity contribution in [3.05, 3.63) is 35.9 Å². The molecule has 1 aliphatic carbocycles. The van der Waals surface area contributed by atoms with Gasteiger partial charge in [-0.3, -0.25) is 0 Å². The van der Waals surface area contributed by atoms with Gasteiger partial charge in [0, 0.05) is 6.04 Å². The third kappa shape index (κ3) is 0.992. The van der Waals surface area contributed by atoms with E-state index in [4.69, 9.17) is 0 Å². The summed E-state index contributed by atoms with van der Waals surface area (Å²) in [6.07, 6.45) is 4.13. The maximum Gasteiger partial charge on any atom is 0.0619 e. The lowest BCUT2D eigenvalue weighted by Crippen LogP contribution is -2.27. The molecule has 2 aliphatic rings. The van der Waals surface area contributed by atoms with Gasteiger partial charge in [0.15, 0.2) is 0 Å². The average molecular weight is 187 g/mol. The van der Waals surface area contributed by atoms with E-state index in [2.05, 4.69) is 42.6 Å². The summed E-state index contributed by atoms with van der Waals surface area (Å²) in [5.41, 5.74) is 1.84. The molecule has 1 aliphatic heterocycles. The molecular formula is C13H17N. The molecule has 0 bridgehead atoms. The lowest BCUT2D eigenvalue weighted by Gasteiger charge is -2.27. The predicted molar refractivity (Wildman–Crippen MR) is 58.1 cm³/mol. The van der Waals surface area contributed by atoms with Crippen molar-refractivity contribution in [1.29, 1.82) is 0 Å². The van der Waals surface area contributed by atoms with E-state index in [0.29, 0.717) is 5.54 Å². The fourth-order valence-corrected chi connectivity index (χ4v) is 3.17. The lowest BCUT2D eigenvalue weighted by atomic mass is 9.76. The molecule has 0 spiro atoms. The van der Waals surface area contributed by atoms with Gasteiger partial charge in [-0.25, -0.2) is 0 Å². The summed E-state index contributed by atoms with van der Waals surface area (Å²) in [6.45, 7) is 2.39. The molecule has 0 radical (unpaired) electrons. The van der Waals surface area contributed by atoms with Crippen LogP contribution in [0, 0.1) is 5.92 Å². The Hall–Kier alpha value is -0.820. The van der Waals surface area contributed by atoms with Crippen molar-refractivity contribution >= 4 is 0 Å². The molecule has 1 N–H and O–H groups in total. The van der Waals surface area contributed by atoms with Crippen LogP contribution in [0.25, 0.3) is 0 Å². The highest BCUT2D eigenvalue weighted by Crippen LogP contribution is 2.51. The van der Waals surface area contributed by atoms with E-state index >= 15 is 0 Å². The van der Waals surface area contributed by atoms with E-state index < -0.39 is 0 Å². The molecular weight excluding hydrogens is 170 g/mol. The molecule has 1 heteroatoms. The minimum absolute atomic E-state index is 0.347. The highest BCUT2D eigenvalue weighted by molar-refractivity contribution is 5.36. The van der Waals surface area contributed by atoms with Crippen LogP contribution < -0.4 is 5.32 Å². The Balaban J connectivity index is 1.98. The molecule has 14 heavy (non-hydrogen) atoms. The second-order valence-electron chi connectivity index (χ2n) is 4.76. The monoisotopic (exact) mass is 187 g/mol. The van der Waals surface area contributed by atoms with Crippen LogP contribution in [0.2, 0.25) is 0 Å². The van der Waals surface area contributed by atoms with E-state index in [0.717, 1.165) is 12.0 Å². The molecule has 3 rings (SSSR count). The zero-order valence-corrected chi connectivity index (χ0v) is 8.66. The van der Waals surface area contributed by atoms with Gasteiger partial charge in [0.05, 0.1) is 5.54 Å². The van der Waals surface area contributed by atoms with Gasteiger partial charge in [-0.15, -0.1) is 0 Å². The quantitative estimate of drug-likeness (QED) is 0.671. The third-order valence-electron chi connectivity index (χ3n) is 4.04. The van der Waals surface area contributed by atoms with Crippen molar-refractivity contribution in [3.8, 4) is 0 Å². The summed E-state index contributed by atoms with van der Waals surface area (Å²) in [5, 5.41) is 3.71. The SMILES string of the molecule is C[C@@H]1CCCC2N[C@@]21c1ccccc1. The Morgan fingerprint density at radius 2 is 2.00 bits per heavy atom. The molecule has 1 nitrogen and oxygen atoms in total. The highest BCUT2D eigenvalue weighted by Gasteiger charge is 2.59. The predicted octanol–water partition coefficient (Wildman–Crippen LogP) is 2.67. The van der Waals surface area contributed by atoms with Crippen molar-refractivity contribution in [2.75, 3.05) is 0 Å². The van der Waals surface area contributed by atoms with Crippen LogP contribution in [0.1, 0.15) is 31.7 Å². The Morgan fingerprint density at radius 3 is 2.71 bits per heavy atom. The van der Waals surface area contributed by atoms with Crippen molar-refractivity contribution in [2.24, 2.45) is 5.92 Å². The molecule has 0 amide bonds. The summed E-state index contributed by atoms with van der Waals surface area (Å²) in [5.74, 6) is 0.795. The van der Waals surface area contributed by atoms with Crippen LogP contribution in [0.3, 0.4) is 0 Å². The molecule has 1 aromatic rings. The average Bonchev–Trinajstić information content (AvgIpc) is 2.96. The first-order valence-corrected chi connectivity index (χ1v) is 5.67. The number of benzene rings is 1. The maximum absolute atomic E-state index is 3.71. The summed E-state index contributed by atoms with van der Waals surface area (Å²) < 4.78 is 0. The first-order chi connectivity index (χ1) is 6.84. The van der Waals surface area contributed by atoms with E-state index in [1.807, 2.05) is 0 Å². The number of hydrogen-bond acceptors (Lipinski definition) is 1. The standard InChI is InChI=1S/C13H17N/c1-10-6-5-9-12-13(10,14-12)11-7-3-2-4-8-11/h2-4,7-8,10,12,14H,5-6,9H2,1H3/t10-,12?,13+/m1/s1. The zero-order chi connectivity index (χ0) is 9.60. The second-order valence-corrected chi connectivity index (χ2v) is 4.76. The summed E-state index contributed by atoms with van der Waals surface area (Å²) in [6, 6.07) is 11.7. The van der Waals surface area contributed by atoms with Crippen molar-refractivity contribution in [1.82, 2.24) is 5.32 Å². The van der Waals surface area contributed by atoms with Gasteiger partial charge in [0.1, 0.15) is 0 Å². The van der Waals surface area contributed by atoms with Crippen LogP contribution >= 0.6 is 0 Å². The smallest absolute Gasteiger partial charge is 0.0619 e. The first kappa shape index (κ1) is 8.49. The fourth-order valence-electron chi connectivity index (χ4n) is 3.17. The molecule has 2 fully saturated rings. The number of fused-ring (bicyclic) bond motifs is 1. The van der Waals surface area contributed by atoms with E-state index in [9.17, 15) is 0 Å². The Labute approximate surface area is 85.5 Å². The highest BCUT2D eigenvalue weighted by atomic mass is 15.2. The lowest BCUT2D eigenvalue weighted by molar-refractivity contribution is 0.336. The van der Waals surface area contributed by atoms with Crippen molar-refractivity contribution in [2.45, 2.75) is 37.8 Å². The largest absolute Gasteiger partial charge is 0.301 e. The maximum atomic E-state index is 3.71. The molecule has 74 valence electrons. The molecule has 3 atom stereocenters. The van der Waals surface area contributed by atoms with Crippen LogP contribution in [-0.2, 0) is 5.54 Å². The van der Waals surface area contributed by atoms with Crippen molar-refractivity contribution < 1.29 is 0 Å². The zero-order valence-electron chi connectivity index (χ0n) is 8.66. The topological polar surface area (TPSA) is 21.9 Å². The van der Waals surface area contributed by atoms with E-state index in [-0.39, 0.29) is 0 Å². The van der Waals surface area contributed by atoms with Gasteiger partial charge in [0.25, 0.3) is 0 Å². The van der Waals surface area contributed by atoms with E-state index in [1.54, 1.807) is 0 Å². The Bertz CT molecular complexity index is 332. The van der Waals surface area contributed by atoms with Gasteiger partial charge in [-0.2, -0.15) is 0 Å². The van der Waals surface area contributed by atoms with Crippen molar-refractivity contribution in [3.63, 3.8) is 0 Å². The summed E-state index contributed by atoms with van der Waals surface area (Å²) in [4.78, 5) is 0. The number of nitrogens with one attached hydrogen (secondary N) is 1. The summed E-state index contributed by atoms with van der Waals surface area (Å²) in [7, 11) is 0. The Kier molecular flexibility index (Phi) is 1.72. The Morgan fingerprint density at radius 1 is 1.21 bits per heavy atom. The molecule has 1 heterocycles. The van der Waals surface area contributed by atoms with Crippen LogP contribution in [0.5, 0.6) is 0 Å². The molecule has 1 saturated carbocycles. The van der Waals surface area contributed by atoms with E-state index in [1.165, 1.54) is 24.8 Å². The molecule has 1 unspecified atom stereocenters. The van der Waals surface area contributed by atoms with Crippen LogP contribution in [0.4, 0.5) is 0 Å². The van der Waals surface area contributed by atoms with Gasteiger partial charge in [-0.05, 0) is 24.3 Å². The van der Waals surface area contributed by atoms with Gasteiger partial charge < -0.3 is 5.32 Å². The number of hydrogen-bond donors (Lipinski definition) is 1. The second kappa shape index (κ2) is 2.83. The minimum Gasteiger partial charge on any atom is -0.301 e. The first-order valence-electron chi connectivity index (χ1n) is 5.67. The number of rotatable bonds is 1. The molecule has 0 aromatic heterocycles. The molecule has 1 saturated heterocycles. The van der Waals surface area contributed by atoms with Gasteiger partial charge in [0.2, 0.25) is 0 Å². The normalized spacial score (nSPS) is 40.4. The summed E-state index contributed by atoms with van der Waals surface area (Å²) >= 11 is 0. The molecule has 1 aromatic carbocycles.